The fourth-order valence-corrected chi connectivity index (χ4v) is 1.65. The second kappa shape index (κ2) is 4.79. The first-order valence-corrected chi connectivity index (χ1v) is 5.42. The highest BCUT2D eigenvalue weighted by atomic mass is 15.1. The number of aromatic amines is 1. The molecular weight excluding hydrogens is 200 g/mol. The van der Waals surface area contributed by atoms with E-state index < -0.39 is 0 Å². The molecule has 0 aliphatic heterocycles. The second-order valence-corrected chi connectivity index (χ2v) is 3.73. The molecule has 0 saturated heterocycles. The molecule has 4 heteroatoms. The van der Waals surface area contributed by atoms with Crippen LogP contribution in [0.1, 0.15) is 17.1 Å². The summed E-state index contributed by atoms with van der Waals surface area (Å²) in [5.74, 6) is 0.827. The summed E-state index contributed by atoms with van der Waals surface area (Å²) in [6, 6.07) is 5.99. The molecule has 84 valence electrons. The van der Waals surface area contributed by atoms with Gasteiger partial charge in [-0.1, -0.05) is 6.07 Å². The van der Waals surface area contributed by atoms with Gasteiger partial charge >= 0.3 is 0 Å². The van der Waals surface area contributed by atoms with Crippen molar-refractivity contribution in [2.45, 2.75) is 19.8 Å². The van der Waals surface area contributed by atoms with E-state index in [-0.39, 0.29) is 0 Å². The van der Waals surface area contributed by atoms with Crippen LogP contribution in [0.5, 0.6) is 0 Å². The zero-order valence-electron chi connectivity index (χ0n) is 9.62. The number of aryl methyl sites for hydroxylation is 3. The SMILES string of the molecule is CNc1nc(CCc2ccccn2)c(C)[nH]1. The zero-order chi connectivity index (χ0) is 11.4. The predicted molar refractivity (Wildman–Crippen MR) is 64.5 cm³/mol. The summed E-state index contributed by atoms with van der Waals surface area (Å²) in [5.41, 5.74) is 3.34. The van der Waals surface area contributed by atoms with Crippen LogP contribution in [0.3, 0.4) is 0 Å². The number of hydrogen-bond acceptors (Lipinski definition) is 3. The third-order valence-corrected chi connectivity index (χ3v) is 2.57. The van der Waals surface area contributed by atoms with Crippen molar-refractivity contribution in [3.63, 3.8) is 0 Å². The maximum Gasteiger partial charge on any atom is 0.200 e. The lowest BCUT2D eigenvalue weighted by Crippen LogP contribution is -1.96. The molecule has 0 aliphatic carbocycles. The van der Waals surface area contributed by atoms with Gasteiger partial charge in [-0.2, -0.15) is 0 Å². The number of pyridine rings is 1. The minimum absolute atomic E-state index is 0.827. The van der Waals surface area contributed by atoms with Gasteiger partial charge in [-0.15, -0.1) is 0 Å². The summed E-state index contributed by atoms with van der Waals surface area (Å²) in [6.07, 6.45) is 3.67. The maximum atomic E-state index is 4.45. The van der Waals surface area contributed by atoms with E-state index in [9.17, 15) is 0 Å². The first-order valence-electron chi connectivity index (χ1n) is 5.42. The fraction of sp³-hybridized carbons (Fsp3) is 0.333. The van der Waals surface area contributed by atoms with Crippen LogP contribution in [0.15, 0.2) is 24.4 Å². The molecule has 2 aromatic rings. The number of aromatic nitrogens is 3. The van der Waals surface area contributed by atoms with Crippen LogP contribution >= 0.6 is 0 Å². The van der Waals surface area contributed by atoms with E-state index in [4.69, 9.17) is 0 Å². The van der Waals surface area contributed by atoms with E-state index in [2.05, 4.69) is 20.3 Å². The highest BCUT2D eigenvalue weighted by molar-refractivity contribution is 5.30. The van der Waals surface area contributed by atoms with Gasteiger partial charge in [-0.05, 0) is 31.9 Å². The summed E-state index contributed by atoms with van der Waals surface area (Å²) in [7, 11) is 1.86. The van der Waals surface area contributed by atoms with E-state index in [1.54, 1.807) is 0 Å². The standard InChI is InChI=1S/C12H16N4/c1-9-11(16-12(13-2)15-9)7-6-10-5-3-4-8-14-10/h3-5,8H,6-7H2,1-2H3,(H2,13,15,16). The number of anilines is 1. The van der Waals surface area contributed by atoms with Crippen molar-refractivity contribution >= 4 is 5.95 Å². The molecule has 0 amide bonds. The predicted octanol–water partition coefficient (Wildman–Crippen LogP) is 1.94. The highest BCUT2D eigenvalue weighted by Crippen LogP contribution is 2.10. The van der Waals surface area contributed by atoms with E-state index in [0.717, 1.165) is 35.9 Å². The molecule has 0 saturated carbocycles. The van der Waals surface area contributed by atoms with E-state index >= 15 is 0 Å². The maximum absolute atomic E-state index is 4.45. The lowest BCUT2D eigenvalue weighted by Gasteiger charge is -1.98. The molecule has 0 atom stereocenters. The average Bonchev–Trinajstić information content (AvgIpc) is 2.69. The normalized spacial score (nSPS) is 10.4. The Morgan fingerprint density at radius 2 is 2.19 bits per heavy atom. The van der Waals surface area contributed by atoms with Crippen molar-refractivity contribution in [2.75, 3.05) is 12.4 Å². The average molecular weight is 216 g/mol. The van der Waals surface area contributed by atoms with Gasteiger partial charge < -0.3 is 10.3 Å². The third kappa shape index (κ3) is 2.39. The van der Waals surface area contributed by atoms with Crippen LogP contribution < -0.4 is 5.32 Å². The Morgan fingerprint density at radius 1 is 1.31 bits per heavy atom. The Balaban J connectivity index is 2.02. The lowest BCUT2D eigenvalue weighted by atomic mass is 10.1. The van der Waals surface area contributed by atoms with Gasteiger partial charge in [0.2, 0.25) is 0 Å². The molecule has 2 N–H and O–H groups in total. The molecule has 0 aliphatic rings. The molecular formula is C12H16N4. The van der Waals surface area contributed by atoms with Crippen molar-refractivity contribution < 1.29 is 0 Å². The quantitative estimate of drug-likeness (QED) is 0.821. The van der Waals surface area contributed by atoms with Gasteiger partial charge in [-0.3, -0.25) is 4.98 Å². The third-order valence-electron chi connectivity index (χ3n) is 2.57. The Hall–Kier alpha value is -1.84. The molecule has 0 fully saturated rings. The minimum Gasteiger partial charge on any atom is -0.359 e. The van der Waals surface area contributed by atoms with Gasteiger partial charge in [0.05, 0.1) is 5.69 Å². The van der Waals surface area contributed by atoms with Crippen molar-refractivity contribution in [1.82, 2.24) is 15.0 Å². The van der Waals surface area contributed by atoms with E-state index in [0.29, 0.717) is 0 Å². The van der Waals surface area contributed by atoms with Gasteiger partial charge in [0.15, 0.2) is 5.95 Å². The fourth-order valence-electron chi connectivity index (χ4n) is 1.65. The van der Waals surface area contributed by atoms with Crippen LogP contribution in [0.4, 0.5) is 5.95 Å². The number of hydrogen-bond donors (Lipinski definition) is 2. The van der Waals surface area contributed by atoms with Crippen LogP contribution in [0.2, 0.25) is 0 Å². The van der Waals surface area contributed by atoms with Crippen LogP contribution in [0, 0.1) is 6.92 Å². The first kappa shape index (κ1) is 10.7. The summed E-state index contributed by atoms with van der Waals surface area (Å²) in [5, 5.41) is 3.00. The monoisotopic (exact) mass is 216 g/mol. The van der Waals surface area contributed by atoms with Crippen molar-refractivity contribution in [2.24, 2.45) is 0 Å². The molecule has 0 spiro atoms. The Morgan fingerprint density at radius 3 is 2.81 bits per heavy atom. The van der Waals surface area contributed by atoms with Crippen LogP contribution in [-0.4, -0.2) is 22.0 Å². The van der Waals surface area contributed by atoms with E-state index in [1.807, 2.05) is 38.4 Å². The summed E-state index contributed by atoms with van der Waals surface area (Å²) in [4.78, 5) is 11.9. The molecule has 4 nitrogen and oxygen atoms in total. The zero-order valence-corrected chi connectivity index (χ0v) is 9.62. The number of H-pyrrole nitrogens is 1. The topological polar surface area (TPSA) is 53.6 Å². The minimum atomic E-state index is 0.827. The van der Waals surface area contributed by atoms with Crippen LogP contribution in [-0.2, 0) is 12.8 Å². The second-order valence-electron chi connectivity index (χ2n) is 3.73. The Labute approximate surface area is 95.1 Å². The summed E-state index contributed by atoms with van der Waals surface area (Å²) < 4.78 is 0. The van der Waals surface area contributed by atoms with Gasteiger partial charge in [-0.25, -0.2) is 4.98 Å². The van der Waals surface area contributed by atoms with Gasteiger partial charge in [0.1, 0.15) is 0 Å². The molecule has 0 aromatic carbocycles. The molecule has 0 radical (unpaired) electrons. The number of nitrogens with one attached hydrogen (secondary N) is 2. The molecule has 2 heterocycles. The lowest BCUT2D eigenvalue weighted by molar-refractivity contribution is 0.880. The van der Waals surface area contributed by atoms with Crippen molar-refractivity contribution in [1.29, 1.82) is 0 Å². The molecule has 2 aromatic heterocycles. The first-order chi connectivity index (χ1) is 7.79. The molecule has 0 bridgehead atoms. The molecule has 16 heavy (non-hydrogen) atoms. The Kier molecular flexibility index (Phi) is 3.19. The Bertz CT molecular complexity index is 447. The van der Waals surface area contributed by atoms with Crippen molar-refractivity contribution in [3.05, 3.63) is 41.5 Å². The smallest absolute Gasteiger partial charge is 0.200 e. The number of nitrogens with zero attached hydrogens (tertiary/aromatic N) is 2. The highest BCUT2D eigenvalue weighted by Gasteiger charge is 2.05. The summed E-state index contributed by atoms with van der Waals surface area (Å²) in [6.45, 7) is 2.04. The number of rotatable bonds is 4. The number of imidazole rings is 1. The molecule has 2 rings (SSSR count). The van der Waals surface area contributed by atoms with E-state index in [1.165, 1.54) is 0 Å². The van der Waals surface area contributed by atoms with Gasteiger partial charge in [0.25, 0.3) is 0 Å². The van der Waals surface area contributed by atoms with Crippen molar-refractivity contribution in [3.8, 4) is 0 Å². The van der Waals surface area contributed by atoms with Gasteiger partial charge in [0, 0.05) is 24.6 Å². The largest absolute Gasteiger partial charge is 0.359 e. The summed E-state index contributed by atoms with van der Waals surface area (Å²) >= 11 is 0. The molecule has 0 unspecified atom stereocenters. The van der Waals surface area contributed by atoms with Crippen LogP contribution in [0.25, 0.3) is 0 Å².